The summed E-state index contributed by atoms with van der Waals surface area (Å²) in [6.07, 6.45) is 5.68. The fourth-order valence-corrected chi connectivity index (χ4v) is 2.80. The first-order chi connectivity index (χ1) is 10.8. The van der Waals surface area contributed by atoms with E-state index < -0.39 is 10.0 Å². The van der Waals surface area contributed by atoms with Crippen LogP contribution in [0, 0.1) is 5.92 Å². The Hall–Kier alpha value is -1.56. The number of sulfonamides is 1. The van der Waals surface area contributed by atoms with Crippen LogP contribution in [0.2, 0.25) is 0 Å². The fraction of sp³-hybridized carbons (Fsp3) is 0.588. The first kappa shape index (κ1) is 19.5. The van der Waals surface area contributed by atoms with Crippen LogP contribution in [0.15, 0.2) is 24.3 Å². The molecule has 6 heteroatoms. The van der Waals surface area contributed by atoms with Gasteiger partial charge in [0.05, 0.1) is 11.9 Å². The standard InChI is InChI=1S/C17H28N2O3S/c1-5-7-8-14(6-2)13-18-17(20)15-9-11-16(12-10-15)19(3)23(4,21)22/h9-12,14H,5-8,13H2,1-4H3,(H,18,20)/t14-/m0/s1. The molecule has 1 atom stereocenters. The lowest BCUT2D eigenvalue weighted by Gasteiger charge is -2.17. The van der Waals surface area contributed by atoms with Crippen LogP contribution < -0.4 is 9.62 Å². The maximum absolute atomic E-state index is 12.2. The van der Waals surface area contributed by atoms with E-state index >= 15 is 0 Å². The van der Waals surface area contributed by atoms with Crippen LogP contribution >= 0.6 is 0 Å². The Morgan fingerprint density at radius 3 is 2.30 bits per heavy atom. The quantitative estimate of drug-likeness (QED) is 0.751. The summed E-state index contributed by atoms with van der Waals surface area (Å²) in [5.41, 5.74) is 1.08. The Balaban J connectivity index is 2.64. The second kappa shape index (κ2) is 8.91. The van der Waals surface area contributed by atoms with Crippen molar-refractivity contribution in [1.29, 1.82) is 0 Å². The van der Waals surface area contributed by atoms with Crippen molar-refractivity contribution < 1.29 is 13.2 Å². The molecule has 0 fully saturated rings. The van der Waals surface area contributed by atoms with E-state index in [0.717, 1.165) is 19.1 Å². The smallest absolute Gasteiger partial charge is 0.251 e. The number of nitrogens with one attached hydrogen (secondary N) is 1. The molecular formula is C17H28N2O3S. The summed E-state index contributed by atoms with van der Waals surface area (Å²) < 4.78 is 24.2. The predicted molar refractivity (Wildman–Crippen MR) is 95.3 cm³/mol. The number of hydrogen-bond donors (Lipinski definition) is 1. The summed E-state index contributed by atoms with van der Waals surface area (Å²) in [5.74, 6) is 0.392. The molecule has 23 heavy (non-hydrogen) atoms. The van der Waals surface area contributed by atoms with E-state index in [2.05, 4.69) is 19.2 Å². The maximum atomic E-state index is 12.2. The number of anilines is 1. The number of benzene rings is 1. The topological polar surface area (TPSA) is 66.5 Å². The number of rotatable bonds is 9. The van der Waals surface area contributed by atoms with Crippen molar-refractivity contribution in [3.05, 3.63) is 29.8 Å². The van der Waals surface area contributed by atoms with Gasteiger partial charge in [-0.05, 0) is 36.6 Å². The minimum absolute atomic E-state index is 0.117. The minimum Gasteiger partial charge on any atom is -0.352 e. The van der Waals surface area contributed by atoms with E-state index in [0.29, 0.717) is 23.7 Å². The molecule has 0 spiro atoms. The van der Waals surface area contributed by atoms with E-state index in [9.17, 15) is 13.2 Å². The van der Waals surface area contributed by atoms with Crippen molar-refractivity contribution in [1.82, 2.24) is 5.32 Å². The van der Waals surface area contributed by atoms with Gasteiger partial charge in [-0.3, -0.25) is 9.10 Å². The Bertz CT molecular complexity index is 597. The average molecular weight is 340 g/mol. The SMILES string of the molecule is CCCC[C@H](CC)CNC(=O)c1ccc(N(C)S(C)(=O)=O)cc1. The van der Waals surface area contributed by atoms with E-state index in [1.54, 1.807) is 24.3 Å². The molecule has 0 saturated heterocycles. The van der Waals surface area contributed by atoms with Crippen molar-refractivity contribution in [2.75, 3.05) is 24.2 Å². The Morgan fingerprint density at radius 2 is 1.83 bits per heavy atom. The monoisotopic (exact) mass is 340 g/mol. The number of hydrogen-bond acceptors (Lipinski definition) is 3. The molecule has 0 radical (unpaired) electrons. The third-order valence-electron chi connectivity index (χ3n) is 4.09. The van der Waals surface area contributed by atoms with Crippen LogP contribution in [0.4, 0.5) is 5.69 Å². The number of carbonyl (C=O) groups excluding carboxylic acids is 1. The van der Waals surface area contributed by atoms with Gasteiger partial charge in [-0.1, -0.05) is 33.1 Å². The third-order valence-corrected chi connectivity index (χ3v) is 5.29. The molecule has 0 aliphatic rings. The number of unbranched alkanes of at least 4 members (excludes halogenated alkanes) is 1. The van der Waals surface area contributed by atoms with Gasteiger partial charge >= 0.3 is 0 Å². The summed E-state index contributed by atoms with van der Waals surface area (Å²) in [7, 11) is -1.80. The van der Waals surface area contributed by atoms with Gasteiger partial charge in [0.1, 0.15) is 0 Å². The molecule has 1 rings (SSSR count). The van der Waals surface area contributed by atoms with Crippen LogP contribution in [0.5, 0.6) is 0 Å². The normalized spacial score (nSPS) is 12.7. The van der Waals surface area contributed by atoms with E-state index in [4.69, 9.17) is 0 Å². The highest BCUT2D eigenvalue weighted by molar-refractivity contribution is 7.92. The molecule has 1 amide bonds. The summed E-state index contributed by atoms with van der Waals surface area (Å²) in [6.45, 7) is 4.99. The Labute approximate surface area is 140 Å². The fourth-order valence-electron chi connectivity index (χ4n) is 2.30. The highest BCUT2D eigenvalue weighted by Crippen LogP contribution is 2.16. The van der Waals surface area contributed by atoms with Crippen LogP contribution in [0.1, 0.15) is 49.9 Å². The highest BCUT2D eigenvalue weighted by Gasteiger charge is 2.13. The molecule has 1 aromatic rings. The van der Waals surface area contributed by atoms with E-state index in [-0.39, 0.29) is 5.91 Å². The highest BCUT2D eigenvalue weighted by atomic mass is 32.2. The van der Waals surface area contributed by atoms with Gasteiger partial charge in [0.15, 0.2) is 0 Å². The zero-order chi connectivity index (χ0) is 17.5. The molecule has 0 heterocycles. The van der Waals surface area contributed by atoms with Gasteiger partial charge in [0, 0.05) is 19.2 Å². The van der Waals surface area contributed by atoms with Crippen molar-refractivity contribution in [2.45, 2.75) is 39.5 Å². The van der Waals surface area contributed by atoms with E-state index in [1.807, 2.05) is 0 Å². The van der Waals surface area contributed by atoms with Crippen LogP contribution in [-0.4, -0.2) is 34.2 Å². The van der Waals surface area contributed by atoms with Crippen molar-refractivity contribution in [3.63, 3.8) is 0 Å². The number of amides is 1. The second-order valence-corrected chi connectivity index (χ2v) is 7.92. The second-order valence-electron chi connectivity index (χ2n) is 5.90. The van der Waals surface area contributed by atoms with Gasteiger partial charge in [0.2, 0.25) is 10.0 Å². The lowest BCUT2D eigenvalue weighted by molar-refractivity contribution is 0.0946. The summed E-state index contributed by atoms with van der Waals surface area (Å²) in [4.78, 5) is 12.2. The largest absolute Gasteiger partial charge is 0.352 e. The van der Waals surface area contributed by atoms with E-state index in [1.165, 1.54) is 24.2 Å². The molecule has 0 aromatic heterocycles. The lowest BCUT2D eigenvalue weighted by Crippen LogP contribution is -2.29. The molecule has 1 N–H and O–H groups in total. The van der Waals surface area contributed by atoms with Gasteiger partial charge in [-0.2, -0.15) is 0 Å². The molecule has 1 aromatic carbocycles. The van der Waals surface area contributed by atoms with Crippen molar-refractivity contribution >= 4 is 21.6 Å². The van der Waals surface area contributed by atoms with Crippen LogP contribution in [-0.2, 0) is 10.0 Å². The molecule has 130 valence electrons. The van der Waals surface area contributed by atoms with Gasteiger partial charge in [0.25, 0.3) is 5.91 Å². The lowest BCUT2D eigenvalue weighted by atomic mass is 9.99. The third kappa shape index (κ3) is 6.22. The minimum atomic E-state index is -3.29. The van der Waals surface area contributed by atoms with Crippen LogP contribution in [0.3, 0.4) is 0 Å². The first-order valence-corrected chi connectivity index (χ1v) is 9.96. The van der Waals surface area contributed by atoms with Crippen molar-refractivity contribution in [3.8, 4) is 0 Å². The molecule has 0 aliphatic carbocycles. The summed E-state index contributed by atoms with van der Waals surface area (Å²) >= 11 is 0. The molecule has 0 bridgehead atoms. The molecule has 0 aliphatic heterocycles. The van der Waals surface area contributed by atoms with Gasteiger partial charge in [-0.25, -0.2) is 8.42 Å². The average Bonchev–Trinajstić information content (AvgIpc) is 2.53. The molecule has 0 unspecified atom stereocenters. The maximum Gasteiger partial charge on any atom is 0.251 e. The number of carbonyl (C=O) groups is 1. The van der Waals surface area contributed by atoms with Crippen molar-refractivity contribution in [2.24, 2.45) is 5.92 Å². The summed E-state index contributed by atoms with van der Waals surface area (Å²) in [5, 5.41) is 2.97. The Kier molecular flexibility index (Phi) is 7.55. The van der Waals surface area contributed by atoms with Crippen LogP contribution in [0.25, 0.3) is 0 Å². The summed E-state index contributed by atoms with van der Waals surface area (Å²) in [6, 6.07) is 6.59. The zero-order valence-electron chi connectivity index (χ0n) is 14.5. The molecular weight excluding hydrogens is 312 g/mol. The first-order valence-electron chi connectivity index (χ1n) is 8.11. The molecule has 5 nitrogen and oxygen atoms in total. The number of nitrogens with zero attached hydrogens (tertiary/aromatic N) is 1. The predicted octanol–water partition coefficient (Wildman–Crippen LogP) is 3.03. The Morgan fingerprint density at radius 1 is 1.22 bits per heavy atom. The van der Waals surface area contributed by atoms with Gasteiger partial charge in [-0.15, -0.1) is 0 Å². The zero-order valence-corrected chi connectivity index (χ0v) is 15.3. The van der Waals surface area contributed by atoms with Gasteiger partial charge < -0.3 is 5.32 Å². The molecule has 0 saturated carbocycles.